The molecule has 0 aliphatic rings. The second kappa shape index (κ2) is 7.32. The Balaban J connectivity index is 3.32. The lowest BCUT2D eigenvalue weighted by molar-refractivity contribution is 0.300. The molecule has 0 radical (unpaired) electrons. The van der Waals surface area contributed by atoms with Crippen LogP contribution in [0, 0.1) is 0 Å². The number of nitrogens with one attached hydrogen (secondary N) is 1. The Kier molecular flexibility index (Phi) is 7.11. The maximum Gasteiger partial charge on any atom is 0.0163 e. The molecular formula is C10H22N2. The number of unbranched alkanes of at least 4 members (excludes halogenated alkanes) is 1. The van der Waals surface area contributed by atoms with Crippen LogP contribution in [0.2, 0.25) is 0 Å². The third-order valence-corrected chi connectivity index (χ3v) is 2.03. The average molecular weight is 170 g/mol. The fraction of sp³-hybridized carbons (Fsp3) is 0.800. The predicted octanol–water partition coefficient (Wildman–Crippen LogP) is 1.49. The van der Waals surface area contributed by atoms with Crippen molar-refractivity contribution in [1.29, 1.82) is 0 Å². The monoisotopic (exact) mass is 170 g/mol. The smallest absolute Gasteiger partial charge is 0.0163 e. The van der Waals surface area contributed by atoms with Gasteiger partial charge in [-0.3, -0.25) is 0 Å². The van der Waals surface area contributed by atoms with Crippen molar-refractivity contribution in [2.45, 2.75) is 25.8 Å². The Bertz CT molecular complexity index is 112. The number of nitrogens with zero attached hydrogens (tertiary/aromatic N) is 1. The second-order valence-electron chi connectivity index (χ2n) is 3.38. The zero-order valence-corrected chi connectivity index (χ0v) is 8.64. The van der Waals surface area contributed by atoms with Crippen molar-refractivity contribution >= 4 is 0 Å². The molecule has 0 bridgehead atoms. The average Bonchev–Trinajstić information content (AvgIpc) is 2.05. The first-order valence-electron chi connectivity index (χ1n) is 4.67. The predicted molar refractivity (Wildman–Crippen MR) is 55.4 cm³/mol. The minimum atomic E-state index is 0.582. The first kappa shape index (κ1) is 11.7. The summed E-state index contributed by atoms with van der Waals surface area (Å²) in [4.78, 5) is 2.35. The Labute approximate surface area is 76.6 Å². The summed E-state index contributed by atoms with van der Waals surface area (Å²) in [5.41, 5.74) is 0. The molecule has 0 fully saturated rings. The van der Waals surface area contributed by atoms with Crippen molar-refractivity contribution in [3.8, 4) is 0 Å². The van der Waals surface area contributed by atoms with E-state index >= 15 is 0 Å². The summed E-state index contributed by atoms with van der Waals surface area (Å²) in [5.74, 6) is 0. The van der Waals surface area contributed by atoms with Crippen LogP contribution in [0.25, 0.3) is 0 Å². The highest BCUT2D eigenvalue weighted by Crippen LogP contribution is 1.94. The highest BCUT2D eigenvalue weighted by atomic mass is 15.1. The normalized spacial score (nSPS) is 13.3. The summed E-state index contributed by atoms with van der Waals surface area (Å²) in [6.45, 7) is 8.19. The van der Waals surface area contributed by atoms with Crippen LogP contribution in [0.4, 0.5) is 0 Å². The van der Waals surface area contributed by atoms with Crippen molar-refractivity contribution in [3.63, 3.8) is 0 Å². The van der Waals surface area contributed by atoms with Crippen LogP contribution in [0.1, 0.15) is 19.8 Å². The number of rotatable bonds is 7. The van der Waals surface area contributed by atoms with E-state index < -0.39 is 0 Å². The van der Waals surface area contributed by atoms with E-state index in [0.717, 1.165) is 19.5 Å². The molecule has 1 N–H and O–H groups in total. The van der Waals surface area contributed by atoms with Gasteiger partial charge in [-0.2, -0.15) is 0 Å². The van der Waals surface area contributed by atoms with Crippen LogP contribution in [0.5, 0.6) is 0 Å². The molecule has 2 heteroatoms. The van der Waals surface area contributed by atoms with Crippen molar-refractivity contribution in [2.75, 3.05) is 27.2 Å². The Morgan fingerprint density at radius 3 is 2.75 bits per heavy atom. The van der Waals surface area contributed by atoms with Gasteiger partial charge >= 0.3 is 0 Å². The topological polar surface area (TPSA) is 15.3 Å². The molecule has 0 saturated carbocycles. The van der Waals surface area contributed by atoms with Crippen LogP contribution >= 0.6 is 0 Å². The highest BCUT2D eigenvalue weighted by molar-refractivity contribution is 4.68. The van der Waals surface area contributed by atoms with Gasteiger partial charge in [0.2, 0.25) is 0 Å². The molecule has 0 aromatic carbocycles. The van der Waals surface area contributed by atoms with Gasteiger partial charge in [0.25, 0.3) is 0 Å². The van der Waals surface area contributed by atoms with E-state index in [4.69, 9.17) is 0 Å². The molecule has 0 saturated heterocycles. The van der Waals surface area contributed by atoms with E-state index in [2.05, 4.69) is 30.8 Å². The molecule has 0 spiro atoms. The third-order valence-electron chi connectivity index (χ3n) is 2.03. The maximum absolute atomic E-state index is 3.70. The van der Waals surface area contributed by atoms with Gasteiger partial charge < -0.3 is 10.2 Å². The minimum Gasteiger partial charge on any atom is -0.316 e. The van der Waals surface area contributed by atoms with E-state index in [1.165, 1.54) is 6.42 Å². The molecule has 0 amide bonds. The van der Waals surface area contributed by atoms with Gasteiger partial charge in [0.1, 0.15) is 0 Å². The summed E-state index contributed by atoms with van der Waals surface area (Å²) in [6, 6.07) is 0.582. The lowest BCUT2D eigenvalue weighted by Crippen LogP contribution is -2.35. The van der Waals surface area contributed by atoms with Gasteiger partial charge in [0.05, 0.1) is 0 Å². The quantitative estimate of drug-likeness (QED) is 0.460. The van der Waals surface area contributed by atoms with Crippen LogP contribution in [0.3, 0.4) is 0 Å². The molecular weight excluding hydrogens is 148 g/mol. The Morgan fingerprint density at radius 1 is 1.58 bits per heavy atom. The van der Waals surface area contributed by atoms with Gasteiger partial charge in [-0.25, -0.2) is 0 Å². The molecule has 0 aliphatic carbocycles. The maximum atomic E-state index is 3.70. The van der Waals surface area contributed by atoms with Crippen molar-refractivity contribution in [2.24, 2.45) is 0 Å². The van der Waals surface area contributed by atoms with E-state index in [-0.39, 0.29) is 0 Å². The largest absolute Gasteiger partial charge is 0.316 e. The molecule has 0 aromatic rings. The number of allylic oxidation sites excluding steroid dienone is 1. The number of likely N-dealkylation sites (N-methyl/N-ethyl adjacent to an activating group) is 2. The zero-order valence-electron chi connectivity index (χ0n) is 8.64. The first-order chi connectivity index (χ1) is 5.70. The van der Waals surface area contributed by atoms with E-state index in [1.807, 2.05) is 13.1 Å². The highest BCUT2D eigenvalue weighted by Gasteiger charge is 2.02. The third kappa shape index (κ3) is 6.38. The summed E-state index contributed by atoms with van der Waals surface area (Å²) >= 11 is 0. The molecule has 1 atom stereocenters. The lowest BCUT2D eigenvalue weighted by atomic mass is 10.2. The first-order valence-corrected chi connectivity index (χ1v) is 4.67. The fourth-order valence-corrected chi connectivity index (χ4v) is 1.16. The van der Waals surface area contributed by atoms with Gasteiger partial charge in [0.15, 0.2) is 0 Å². The van der Waals surface area contributed by atoms with Crippen LogP contribution in [-0.2, 0) is 0 Å². The van der Waals surface area contributed by atoms with E-state index in [9.17, 15) is 0 Å². The Hall–Kier alpha value is -0.340. The van der Waals surface area contributed by atoms with Gasteiger partial charge in [-0.15, -0.1) is 6.58 Å². The van der Waals surface area contributed by atoms with E-state index in [0.29, 0.717) is 6.04 Å². The molecule has 0 aromatic heterocycles. The minimum absolute atomic E-state index is 0.582. The molecule has 1 unspecified atom stereocenters. The standard InChI is InChI=1S/C10H22N2/c1-5-6-7-8-12(4)9-10(2)11-3/h5,10-11H,1,6-9H2,2-4H3. The molecule has 0 aliphatic heterocycles. The fourth-order valence-electron chi connectivity index (χ4n) is 1.16. The summed E-state index contributed by atoms with van der Waals surface area (Å²) in [7, 11) is 4.17. The summed E-state index contributed by atoms with van der Waals surface area (Å²) in [6.07, 6.45) is 4.32. The lowest BCUT2D eigenvalue weighted by Gasteiger charge is -2.20. The Morgan fingerprint density at radius 2 is 2.25 bits per heavy atom. The molecule has 2 nitrogen and oxygen atoms in total. The van der Waals surface area contributed by atoms with Crippen molar-refractivity contribution < 1.29 is 0 Å². The van der Waals surface area contributed by atoms with Gasteiger partial charge in [0, 0.05) is 12.6 Å². The number of hydrogen-bond acceptors (Lipinski definition) is 2. The molecule has 12 heavy (non-hydrogen) atoms. The molecule has 0 rings (SSSR count). The van der Waals surface area contributed by atoms with Crippen LogP contribution < -0.4 is 5.32 Å². The van der Waals surface area contributed by atoms with Crippen LogP contribution in [-0.4, -0.2) is 38.1 Å². The van der Waals surface area contributed by atoms with Crippen molar-refractivity contribution in [1.82, 2.24) is 10.2 Å². The second-order valence-corrected chi connectivity index (χ2v) is 3.38. The van der Waals surface area contributed by atoms with Crippen LogP contribution in [0.15, 0.2) is 12.7 Å². The molecule has 0 heterocycles. The summed E-state index contributed by atoms with van der Waals surface area (Å²) in [5, 5.41) is 3.22. The van der Waals surface area contributed by atoms with Gasteiger partial charge in [-0.1, -0.05) is 6.08 Å². The van der Waals surface area contributed by atoms with Crippen molar-refractivity contribution in [3.05, 3.63) is 12.7 Å². The zero-order chi connectivity index (χ0) is 9.40. The summed E-state index contributed by atoms with van der Waals surface area (Å²) < 4.78 is 0. The van der Waals surface area contributed by atoms with E-state index in [1.54, 1.807) is 0 Å². The number of hydrogen-bond donors (Lipinski definition) is 1. The van der Waals surface area contributed by atoms with Gasteiger partial charge in [-0.05, 0) is 40.4 Å². The molecule has 72 valence electrons. The SMILES string of the molecule is C=CCCCN(C)CC(C)NC.